The van der Waals surface area contributed by atoms with Crippen molar-refractivity contribution in [2.45, 2.75) is 52.9 Å². The quantitative estimate of drug-likeness (QED) is 0.433. The van der Waals surface area contributed by atoms with E-state index in [0.29, 0.717) is 18.1 Å². The highest BCUT2D eigenvalue weighted by Crippen LogP contribution is 2.26. The molecule has 0 heterocycles. The van der Waals surface area contributed by atoms with Crippen LogP contribution in [-0.4, -0.2) is 37.4 Å². The van der Waals surface area contributed by atoms with Crippen molar-refractivity contribution < 1.29 is 9.53 Å². The second kappa shape index (κ2) is 8.86. The lowest BCUT2D eigenvalue weighted by Crippen LogP contribution is -2.17. The maximum absolute atomic E-state index is 12.4. The molecule has 0 N–H and O–H groups in total. The van der Waals surface area contributed by atoms with Gasteiger partial charge in [-0.05, 0) is 62.8 Å². The van der Waals surface area contributed by atoms with Gasteiger partial charge in [0.2, 0.25) is 0 Å². The second-order valence-corrected chi connectivity index (χ2v) is 6.87. The molecule has 132 valence electrons. The number of hydrogen-bond acceptors (Lipinski definition) is 3. The molecule has 1 aromatic carbocycles. The maximum atomic E-state index is 12.4. The molecule has 4 heteroatoms. The highest BCUT2D eigenvalue weighted by molar-refractivity contribution is 5.92. The average molecular weight is 330 g/mol. The molecule has 1 aliphatic carbocycles. The first-order valence-electron chi connectivity index (χ1n) is 9.04. The van der Waals surface area contributed by atoms with E-state index in [0.717, 1.165) is 23.4 Å². The number of carbonyl (C=O) groups is 1. The molecule has 0 amide bonds. The topological polar surface area (TPSA) is 41.9 Å². The summed E-state index contributed by atoms with van der Waals surface area (Å²) in [5.41, 5.74) is 3.47. The van der Waals surface area contributed by atoms with Crippen LogP contribution in [-0.2, 0) is 4.74 Å². The number of carbonyl (C=O) groups excluding carboxylic acids is 1. The van der Waals surface area contributed by atoms with Crippen LogP contribution in [0.4, 0.5) is 5.69 Å². The van der Waals surface area contributed by atoms with E-state index >= 15 is 0 Å². The second-order valence-electron chi connectivity index (χ2n) is 6.87. The first-order valence-corrected chi connectivity index (χ1v) is 9.04. The smallest absolute Gasteiger partial charge is 0.338 e. The molecule has 0 radical (unpaired) electrons. The van der Waals surface area contributed by atoms with E-state index in [9.17, 15) is 4.79 Å². The van der Waals surface area contributed by atoms with E-state index in [-0.39, 0.29) is 5.97 Å². The average Bonchev–Trinajstić information content (AvgIpc) is 2.60. The Labute approximate surface area is 145 Å². The number of benzene rings is 1. The van der Waals surface area contributed by atoms with Gasteiger partial charge in [0.05, 0.1) is 24.2 Å². The van der Waals surface area contributed by atoms with E-state index in [1.165, 1.54) is 32.1 Å². The molecule has 1 aliphatic rings. The molecule has 0 spiro atoms. The summed E-state index contributed by atoms with van der Waals surface area (Å²) in [4.78, 5) is 18.9. The summed E-state index contributed by atoms with van der Waals surface area (Å²) < 4.78 is 5.57. The van der Waals surface area contributed by atoms with Gasteiger partial charge in [0.1, 0.15) is 0 Å². The molecule has 4 nitrogen and oxygen atoms in total. The minimum Gasteiger partial charge on any atom is -0.462 e. The Bertz CT molecular complexity index is 590. The van der Waals surface area contributed by atoms with Crippen molar-refractivity contribution in [2.75, 3.05) is 20.2 Å². The van der Waals surface area contributed by atoms with Crippen molar-refractivity contribution in [3.05, 3.63) is 28.8 Å². The standard InChI is InChI=1S/C20H30N2O2/c1-5-22(4)14-21-19-12-15(2)18(11-16(19)3)20(23)24-13-17-9-7-6-8-10-17/h11-12,14,17H,5-10,13H2,1-4H3/b21-14+. The van der Waals surface area contributed by atoms with Gasteiger partial charge in [0.15, 0.2) is 0 Å². The molecule has 0 unspecified atom stereocenters. The van der Waals surface area contributed by atoms with Gasteiger partial charge in [0, 0.05) is 13.6 Å². The van der Waals surface area contributed by atoms with E-state index in [4.69, 9.17) is 4.74 Å². The van der Waals surface area contributed by atoms with Crippen molar-refractivity contribution in [3.63, 3.8) is 0 Å². The van der Waals surface area contributed by atoms with Crippen LogP contribution < -0.4 is 0 Å². The van der Waals surface area contributed by atoms with Crippen LogP contribution in [0.3, 0.4) is 0 Å². The van der Waals surface area contributed by atoms with Crippen molar-refractivity contribution >= 4 is 18.0 Å². The normalized spacial score (nSPS) is 15.7. The van der Waals surface area contributed by atoms with Crippen molar-refractivity contribution in [3.8, 4) is 0 Å². The zero-order chi connectivity index (χ0) is 17.5. The fourth-order valence-corrected chi connectivity index (χ4v) is 3.03. The Hall–Kier alpha value is -1.84. The molecular formula is C20H30N2O2. The van der Waals surface area contributed by atoms with Crippen molar-refractivity contribution in [2.24, 2.45) is 10.9 Å². The predicted molar refractivity (Wildman–Crippen MR) is 99.2 cm³/mol. The third-order valence-electron chi connectivity index (χ3n) is 4.83. The molecular weight excluding hydrogens is 300 g/mol. The van der Waals surface area contributed by atoms with Crippen LogP contribution in [0.5, 0.6) is 0 Å². The van der Waals surface area contributed by atoms with Crippen LogP contribution in [0, 0.1) is 19.8 Å². The van der Waals surface area contributed by atoms with Crippen LogP contribution in [0.15, 0.2) is 17.1 Å². The Morgan fingerprint density at radius 3 is 2.62 bits per heavy atom. The molecule has 1 aromatic rings. The molecule has 0 bridgehead atoms. The zero-order valence-electron chi connectivity index (χ0n) is 15.5. The molecule has 24 heavy (non-hydrogen) atoms. The Kier molecular flexibility index (Phi) is 6.83. The van der Waals surface area contributed by atoms with Gasteiger partial charge in [-0.1, -0.05) is 19.3 Å². The van der Waals surface area contributed by atoms with Gasteiger partial charge in [-0.15, -0.1) is 0 Å². The molecule has 0 aliphatic heterocycles. The number of rotatable bonds is 6. The van der Waals surface area contributed by atoms with Gasteiger partial charge in [0.25, 0.3) is 0 Å². The third-order valence-corrected chi connectivity index (χ3v) is 4.83. The predicted octanol–water partition coefficient (Wildman–Crippen LogP) is 4.65. The van der Waals surface area contributed by atoms with Crippen LogP contribution in [0.1, 0.15) is 60.5 Å². The third kappa shape index (κ3) is 5.08. The van der Waals surface area contributed by atoms with E-state index in [2.05, 4.69) is 11.9 Å². The van der Waals surface area contributed by atoms with Gasteiger partial charge < -0.3 is 9.64 Å². The van der Waals surface area contributed by atoms with Gasteiger partial charge in [-0.25, -0.2) is 9.79 Å². The molecule has 0 atom stereocenters. The first kappa shape index (κ1) is 18.5. The fraction of sp³-hybridized carbons (Fsp3) is 0.600. The minimum absolute atomic E-state index is 0.206. The summed E-state index contributed by atoms with van der Waals surface area (Å²) in [6.07, 6.45) is 8.03. The van der Waals surface area contributed by atoms with Gasteiger partial charge in [-0.2, -0.15) is 0 Å². The zero-order valence-corrected chi connectivity index (χ0v) is 15.5. The number of aryl methyl sites for hydroxylation is 2. The summed E-state index contributed by atoms with van der Waals surface area (Å²) >= 11 is 0. The summed E-state index contributed by atoms with van der Waals surface area (Å²) in [5, 5.41) is 0. The fourth-order valence-electron chi connectivity index (χ4n) is 3.03. The SMILES string of the molecule is CCN(C)/C=N/c1cc(C)c(C(=O)OCC2CCCCC2)cc1C. The van der Waals surface area contributed by atoms with Gasteiger partial charge in [-0.3, -0.25) is 0 Å². The first-order chi connectivity index (χ1) is 11.5. The number of ether oxygens (including phenoxy) is 1. The summed E-state index contributed by atoms with van der Waals surface area (Å²) in [5.74, 6) is 0.333. The molecule has 0 saturated heterocycles. The van der Waals surface area contributed by atoms with E-state index < -0.39 is 0 Å². The maximum Gasteiger partial charge on any atom is 0.338 e. The number of nitrogens with zero attached hydrogens (tertiary/aromatic N) is 2. The lowest BCUT2D eigenvalue weighted by Gasteiger charge is -2.21. The Morgan fingerprint density at radius 1 is 1.25 bits per heavy atom. The van der Waals surface area contributed by atoms with E-state index in [1.54, 1.807) is 0 Å². The molecule has 2 rings (SSSR count). The molecule has 0 aromatic heterocycles. The summed E-state index contributed by atoms with van der Waals surface area (Å²) in [6.45, 7) is 7.47. The minimum atomic E-state index is -0.206. The van der Waals surface area contributed by atoms with Crippen LogP contribution in [0.2, 0.25) is 0 Å². The van der Waals surface area contributed by atoms with Crippen molar-refractivity contribution in [1.82, 2.24) is 4.90 Å². The Balaban J connectivity index is 2.03. The van der Waals surface area contributed by atoms with E-state index in [1.807, 2.05) is 44.3 Å². The monoisotopic (exact) mass is 330 g/mol. The number of aliphatic imine (C=N–C) groups is 1. The van der Waals surface area contributed by atoms with Gasteiger partial charge >= 0.3 is 5.97 Å². The summed E-state index contributed by atoms with van der Waals surface area (Å²) in [7, 11) is 1.99. The highest BCUT2D eigenvalue weighted by Gasteiger charge is 2.18. The molecule has 1 fully saturated rings. The largest absolute Gasteiger partial charge is 0.462 e. The lowest BCUT2D eigenvalue weighted by molar-refractivity contribution is 0.0409. The van der Waals surface area contributed by atoms with Crippen LogP contribution >= 0.6 is 0 Å². The highest BCUT2D eigenvalue weighted by atomic mass is 16.5. The number of esters is 1. The van der Waals surface area contributed by atoms with Crippen molar-refractivity contribution in [1.29, 1.82) is 0 Å². The number of hydrogen-bond donors (Lipinski definition) is 0. The lowest BCUT2D eigenvalue weighted by atomic mass is 9.90. The van der Waals surface area contributed by atoms with Crippen LogP contribution in [0.25, 0.3) is 0 Å². The molecule has 1 saturated carbocycles. The Morgan fingerprint density at radius 2 is 1.96 bits per heavy atom. The summed E-state index contributed by atoms with van der Waals surface area (Å²) in [6, 6.07) is 3.86.